The lowest BCUT2D eigenvalue weighted by Gasteiger charge is -2.14. The first kappa shape index (κ1) is 11.3. The van der Waals surface area contributed by atoms with Crippen molar-refractivity contribution in [3.8, 4) is 0 Å². The van der Waals surface area contributed by atoms with Crippen molar-refractivity contribution < 1.29 is 5.11 Å². The Balaban J connectivity index is 2.44. The van der Waals surface area contributed by atoms with Gasteiger partial charge in [0.05, 0.1) is 6.61 Å². The Bertz CT molecular complexity index is 254. The van der Waals surface area contributed by atoms with E-state index in [9.17, 15) is 0 Å². The number of aliphatic hydroxyl groups excluding tert-OH is 1. The molecule has 0 aromatic carbocycles. The largest absolute Gasteiger partial charge is 0.395 e. The van der Waals surface area contributed by atoms with E-state index in [-0.39, 0.29) is 12.6 Å². The molecule has 14 heavy (non-hydrogen) atoms. The molecule has 0 aliphatic heterocycles. The molecule has 0 bridgehead atoms. The number of nitrogens with one attached hydrogen (secondary N) is 1. The Labute approximate surface area is 85.7 Å². The van der Waals surface area contributed by atoms with Crippen LogP contribution in [-0.4, -0.2) is 22.3 Å². The molecule has 2 N–H and O–H groups in total. The lowest BCUT2D eigenvalue weighted by molar-refractivity contribution is 0.237. The standard InChI is InChI=1S/C11H20N2O/c1-3-10(9-14)12-8-11-6-5-7-13(11)4-2/h5-7,10,12,14H,3-4,8-9H2,1-2H3. The van der Waals surface area contributed by atoms with E-state index in [0.29, 0.717) is 0 Å². The summed E-state index contributed by atoms with van der Waals surface area (Å²) >= 11 is 0. The number of hydrogen-bond acceptors (Lipinski definition) is 2. The van der Waals surface area contributed by atoms with Crippen LogP contribution < -0.4 is 5.32 Å². The zero-order valence-corrected chi connectivity index (χ0v) is 9.03. The third-order valence-corrected chi connectivity index (χ3v) is 2.55. The van der Waals surface area contributed by atoms with Crippen LogP contribution in [0.25, 0.3) is 0 Å². The molecule has 0 spiro atoms. The van der Waals surface area contributed by atoms with Crippen LogP contribution in [0, 0.1) is 0 Å². The molecule has 80 valence electrons. The van der Waals surface area contributed by atoms with Gasteiger partial charge in [0, 0.05) is 31.0 Å². The summed E-state index contributed by atoms with van der Waals surface area (Å²) in [6.07, 6.45) is 3.04. The molecule has 0 saturated heterocycles. The molecular formula is C11H20N2O. The molecule has 3 nitrogen and oxygen atoms in total. The van der Waals surface area contributed by atoms with Crippen LogP contribution in [0.15, 0.2) is 18.3 Å². The van der Waals surface area contributed by atoms with Gasteiger partial charge in [-0.3, -0.25) is 0 Å². The lowest BCUT2D eigenvalue weighted by Crippen LogP contribution is -2.31. The van der Waals surface area contributed by atoms with Crippen molar-refractivity contribution >= 4 is 0 Å². The van der Waals surface area contributed by atoms with E-state index in [1.54, 1.807) is 0 Å². The number of aromatic nitrogens is 1. The number of nitrogens with zero attached hydrogens (tertiary/aromatic N) is 1. The quantitative estimate of drug-likeness (QED) is 0.721. The Hall–Kier alpha value is -0.800. The summed E-state index contributed by atoms with van der Waals surface area (Å²) in [7, 11) is 0. The highest BCUT2D eigenvalue weighted by Gasteiger charge is 2.04. The highest BCUT2D eigenvalue weighted by atomic mass is 16.3. The van der Waals surface area contributed by atoms with Gasteiger partial charge in [0.1, 0.15) is 0 Å². The smallest absolute Gasteiger partial charge is 0.0584 e. The van der Waals surface area contributed by atoms with Crippen LogP contribution in [0.1, 0.15) is 26.0 Å². The summed E-state index contributed by atoms with van der Waals surface area (Å²) in [5.74, 6) is 0. The van der Waals surface area contributed by atoms with Crippen LogP contribution in [0.3, 0.4) is 0 Å². The van der Waals surface area contributed by atoms with Crippen molar-refractivity contribution in [1.82, 2.24) is 9.88 Å². The van der Waals surface area contributed by atoms with Crippen molar-refractivity contribution in [2.75, 3.05) is 6.61 Å². The van der Waals surface area contributed by atoms with E-state index in [1.807, 2.05) is 0 Å². The first-order valence-corrected chi connectivity index (χ1v) is 5.30. The molecule has 0 radical (unpaired) electrons. The molecule has 1 aromatic heterocycles. The van der Waals surface area contributed by atoms with Gasteiger partial charge in [-0.15, -0.1) is 0 Å². The van der Waals surface area contributed by atoms with Crippen LogP contribution in [-0.2, 0) is 13.1 Å². The number of aliphatic hydroxyl groups is 1. The van der Waals surface area contributed by atoms with E-state index in [2.05, 4.69) is 42.1 Å². The molecule has 1 unspecified atom stereocenters. The topological polar surface area (TPSA) is 37.2 Å². The van der Waals surface area contributed by atoms with Crippen LogP contribution in [0.4, 0.5) is 0 Å². The predicted molar refractivity (Wildman–Crippen MR) is 58.1 cm³/mol. The van der Waals surface area contributed by atoms with Gasteiger partial charge in [-0.05, 0) is 25.5 Å². The van der Waals surface area contributed by atoms with Gasteiger partial charge >= 0.3 is 0 Å². The summed E-state index contributed by atoms with van der Waals surface area (Å²) in [6, 6.07) is 4.39. The van der Waals surface area contributed by atoms with Gasteiger partial charge in [-0.2, -0.15) is 0 Å². The van der Waals surface area contributed by atoms with Gasteiger partial charge < -0.3 is 15.0 Å². The number of aryl methyl sites for hydroxylation is 1. The third-order valence-electron chi connectivity index (χ3n) is 2.55. The number of rotatable bonds is 6. The average molecular weight is 196 g/mol. The minimum absolute atomic E-state index is 0.212. The van der Waals surface area contributed by atoms with Crippen LogP contribution >= 0.6 is 0 Å². The average Bonchev–Trinajstić information content (AvgIpc) is 2.67. The molecule has 3 heteroatoms. The summed E-state index contributed by atoms with van der Waals surface area (Å²) < 4.78 is 2.21. The summed E-state index contributed by atoms with van der Waals surface area (Å²) in [4.78, 5) is 0. The van der Waals surface area contributed by atoms with Crippen molar-refractivity contribution in [2.45, 2.75) is 39.4 Å². The van der Waals surface area contributed by atoms with Crippen molar-refractivity contribution in [1.29, 1.82) is 0 Å². The third kappa shape index (κ3) is 2.86. The maximum absolute atomic E-state index is 9.01. The van der Waals surface area contributed by atoms with Gasteiger partial charge in [0.15, 0.2) is 0 Å². The molecule has 1 rings (SSSR count). The highest BCUT2D eigenvalue weighted by molar-refractivity contribution is 5.06. The zero-order chi connectivity index (χ0) is 10.4. The SMILES string of the molecule is CCC(CO)NCc1cccn1CC. The Morgan fingerprint density at radius 1 is 1.50 bits per heavy atom. The normalized spacial score (nSPS) is 13.1. The molecular weight excluding hydrogens is 176 g/mol. The van der Waals surface area contributed by atoms with Crippen molar-refractivity contribution in [3.63, 3.8) is 0 Å². The first-order chi connectivity index (χ1) is 6.81. The minimum atomic E-state index is 0.212. The van der Waals surface area contributed by atoms with Crippen molar-refractivity contribution in [2.24, 2.45) is 0 Å². The van der Waals surface area contributed by atoms with Gasteiger partial charge in [-0.1, -0.05) is 6.92 Å². The molecule has 1 atom stereocenters. The summed E-state index contributed by atoms with van der Waals surface area (Å²) in [6.45, 7) is 6.25. The Morgan fingerprint density at radius 3 is 2.86 bits per heavy atom. The Kier molecular flexibility index (Phi) is 4.70. The van der Waals surface area contributed by atoms with Gasteiger partial charge in [0.2, 0.25) is 0 Å². The molecule has 0 amide bonds. The fourth-order valence-electron chi connectivity index (χ4n) is 1.51. The second-order valence-electron chi connectivity index (χ2n) is 3.45. The van der Waals surface area contributed by atoms with E-state index in [1.165, 1.54) is 5.69 Å². The molecule has 0 saturated carbocycles. The van der Waals surface area contributed by atoms with Crippen molar-refractivity contribution in [3.05, 3.63) is 24.0 Å². The van der Waals surface area contributed by atoms with Crippen LogP contribution in [0.5, 0.6) is 0 Å². The molecule has 0 aliphatic rings. The second-order valence-corrected chi connectivity index (χ2v) is 3.45. The molecule has 1 heterocycles. The second kappa shape index (κ2) is 5.83. The van der Waals surface area contributed by atoms with Crippen LogP contribution in [0.2, 0.25) is 0 Å². The molecule has 0 fully saturated rings. The molecule has 0 aliphatic carbocycles. The van der Waals surface area contributed by atoms with E-state index < -0.39 is 0 Å². The highest BCUT2D eigenvalue weighted by Crippen LogP contribution is 2.02. The maximum Gasteiger partial charge on any atom is 0.0584 e. The maximum atomic E-state index is 9.01. The van der Waals surface area contributed by atoms with E-state index >= 15 is 0 Å². The summed E-state index contributed by atoms with van der Waals surface area (Å²) in [5, 5.41) is 12.3. The lowest BCUT2D eigenvalue weighted by atomic mass is 10.2. The van der Waals surface area contributed by atoms with Gasteiger partial charge in [-0.25, -0.2) is 0 Å². The predicted octanol–water partition coefficient (Wildman–Crippen LogP) is 1.37. The van der Waals surface area contributed by atoms with Gasteiger partial charge in [0.25, 0.3) is 0 Å². The Morgan fingerprint density at radius 2 is 2.29 bits per heavy atom. The van der Waals surface area contributed by atoms with E-state index in [4.69, 9.17) is 5.11 Å². The minimum Gasteiger partial charge on any atom is -0.395 e. The molecule has 1 aromatic rings. The summed E-state index contributed by atoms with van der Waals surface area (Å²) in [5.41, 5.74) is 1.28. The van der Waals surface area contributed by atoms with E-state index in [0.717, 1.165) is 19.5 Å². The first-order valence-electron chi connectivity index (χ1n) is 5.30. The zero-order valence-electron chi connectivity index (χ0n) is 9.03. The fraction of sp³-hybridized carbons (Fsp3) is 0.636. The monoisotopic (exact) mass is 196 g/mol. The number of hydrogen-bond donors (Lipinski definition) is 2. The fourth-order valence-corrected chi connectivity index (χ4v) is 1.51.